The molecule has 136 valence electrons. The van der Waals surface area contributed by atoms with E-state index in [9.17, 15) is 9.18 Å². The normalized spacial score (nSPS) is 12.3. The van der Waals surface area contributed by atoms with E-state index >= 15 is 0 Å². The summed E-state index contributed by atoms with van der Waals surface area (Å²) >= 11 is 0. The van der Waals surface area contributed by atoms with Gasteiger partial charge >= 0.3 is 0 Å². The van der Waals surface area contributed by atoms with Crippen molar-refractivity contribution in [2.45, 2.75) is 19.9 Å². The fourth-order valence-electron chi connectivity index (χ4n) is 2.88. The second kappa shape index (κ2) is 6.64. The lowest BCUT2D eigenvalue weighted by atomic mass is 10.2. The van der Waals surface area contributed by atoms with Crippen molar-refractivity contribution in [2.24, 2.45) is 0 Å². The van der Waals surface area contributed by atoms with Crippen LogP contribution in [0.1, 0.15) is 24.2 Å². The van der Waals surface area contributed by atoms with Crippen molar-refractivity contribution in [1.82, 2.24) is 24.6 Å². The Morgan fingerprint density at radius 1 is 1.22 bits per heavy atom. The average Bonchev–Trinajstić information content (AvgIpc) is 3.05. The van der Waals surface area contributed by atoms with Crippen LogP contribution in [0.4, 0.5) is 10.2 Å². The highest BCUT2D eigenvalue weighted by Gasteiger charge is 2.15. The lowest BCUT2D eigenvalue weighted by Gasteiger charge is -2.16. The number of halogens is 1. The van der Waals surface area contributed by atoms with Gasteiger partial charge in [-0.1, -0.05) is 0 Å². The molecule has 0 unspecified atom stereocenters. The molecule has 0 aromatic carbocycles. The molecule has 4 heterocycles. The molecule has 0 bridgehead atoms. The van der Waals surface area contributed by atoms with Gasteiger partial charge in [-0.05, 0) is 49.7 Å². The van der Waals surface area contributed by atoms with E-state index < -0.39 is 0 Å². The van der Waals surface area contributed by atoms with E-state index in [1.807, 2.05) is 19.9 Å². The van der Waals surface area contributed by atoms with Gasteiger partial charge < -0.3 is 10.3 Å². The predicted octanol–water partition coefficient (Wildman–Crippen LogP) is 3.10. The van der Waals surface area contributed by atoms with Crippen LogP contribution in [-0.2, 0) is 0 Å². The Balaban J connectivity index is 1.74. The van der Waals surface area contributed by atoms with Gasteiger partial charge in [-0.2, -0.15) is 0 Å². The van der Waals surface area contributed by atoms with E-state index in [4.69, 9.17) is 0 Å². The summed E-state index contributed by atoms with van der Waals surface area (Å²) in [6.07, 6.45) is 4.39. The van der Waals surface area contributed by atoms with Crippen molar-refractivity contribution < 1.29 is 4.39 Å². The van der Waals surface area contributed by atoms with E-state index in [2.05, 4.69) is 25.4 Å². The first-order valence-corrected chi connectivity index (χ1v) is 8.44. The van der Waals surface area contributed by atoms with Crippen LogP contribution in [0.3, 0.4) is 0 Å². The molecule has 2 N–H and O–H groups in total. The van der Waals surface area contributed by atoms with Crippen LogP contribution >= 0.6 is 0 Å². The first kappa shape index (κ1) is 16.9. The SMILES string of the molecule is Cc1cc2ncc(-c3ccc[nH]c3=O)n2nc1N[C@@H](C)c1ccc(F)cn1. The number of aromatic nitrogens is 5. The Labute approximate surface area is 153 Å². The molecule has 4 rings (SSSR count). The number of hydrogen-bond acceptors (Lipinski definition) is 5. The third kappa shape index (κ3) is 3.17. The van der Waals surface area contributed by atoms with Crippen LogP contribution in [0.5, 0.6) is 0 Å². The summed E-state index contributed by atoms with van der Waals surface area (Å²) in [5, 5.41) is 7.91. The van der Waals surface area contributed by atoms with Crippen molar-refractivity contribution in [3.8, 4) is 11.3 Å². The molecule has 1 atom stereocenters. The second-order valence-corrected chi connectivity index (χ2v) is 6.27. The first-order valence-electron chi connectivity index (χ1n) is 8.44. The van der Waals surface area contributed by atoms with Crippen LogP contribution in [-0.4, -0.2) is 24.6 Å². The Bertz CT molecular complexity index is 1170. The molecule has 4 aromatic heterocycles. The summed E-state index contributed by atoms with van der Waals surface area (Å²) in [6.45, 7) is 3.84. The highest BCUT2D eigenvalue weighted by molar-refractivity contribution is 5.63. The molecule has 4 aromatic rings. The smallest absolute Gasteiger partial charge is 0.257 e. The van der Waals surface area contributed by atoms with Gasteiger partial charge in [0.1, 0.15) is 5.82 Å². The zero-order chi connectivity index (χ0) is 19.0. The molecule has 0 aliphatic heterocycles. The molecule has 0 radical (unpaired) electrons. The molecule has 7 nitrogen and oxygen atoms in total. The number of H-pyrrole nitrogens is 1. The van der Waals surface area contributed by atoms with Gasteiger partial charge in [0, 0.05) is 6.20 Å². The summed E-state index contributed by atoms with van der Waals surface area (Å²) in [6, 6.07) is 8.20. The fraction of sp³-hybridized carbons (Fsp3) is 0.158. The molecule has 0 saturated heterocycles. The standard InChI is InChI=1S/C19H17FN6O/c1-11-8-17-23-10-16(14-4-3-7-21-19(14)27)26(17)25-18(11)24-12(2)15-6-5-13(20)9-22-15/h3-10,12H,1-2H3,(H,21,27)(H,24,25)/t12-/m0/s1. The topological polar surface area (TPSA) is 88.0 Å². The lowest BCUT2D eigenvalue weighted by Crippen LogP contribution is -2.13. The Morgan fingerprint density at radius 2 is 2.07 bits per heavy atom. The number of aryl methyl sites for hydroxylation is 1. The van der Waals surface area contributed by atoms with E-state index in [0.717, 1.165) is 5.56 Å². The molecule has 0 aliphatic rings. The maximum atomic E-state index is 13.1. The van der Waals surface area contributed by atoms with Gasteiger partial charge in [0.05, 0.1) is 35.4 Å². The predicted molar refractivity (Wildman–Crippen MR) is 100 cm³/mol. The molecule has 0 amide bonds. The summed E-state index contributed by atoms with van der Waals surface area (Å²) in [5.41, 5.74) is 3.12. The van der Waals surface area contributed by atoms with Crippen LogP contribution in [0.25, 0.3) is 16.9 Å². The molecular weight excluding hydrogens is 347 g/mol. The highest BCUT2D eigenvalue weighted by Crippen LogP contribution is 2.23. The minimum absolute atomic E-state index is 0.179. The summed E-state index contributed by atoms with van der Waals surface area (Å²) in [7, 11) is 0. The Morgan fingerprint density at radius 3 is 2.81 bits per heavy atom. The zero-order valence-corrected chi connectivity index (χ0v) is 14.8. The summed E-state index contributed by atoms with van der Waals surface area (Å²) < 4.78 is 14.7. The number of fused-ring (bicyclic) bond motifs is 1. The Hall–Kier alpha value is -3.55. The maximum Gasteiger partial charge on any atom is 0.257 e. The van der Waals surface area contributed by atoms with Crippen LogP contribution in [0.15, 0.2) is 53.7 Å². The number of aromatic amines is 1. The van der Waals surface area contributed by atoms with Crippen molar-refractivity contribution in [1.29, 1.82) is 0 Å². The maximum absolute atomic E-state index is 13.1. The Kier molecular flexibility index (Phi) is 4.15. The minimum atomic E-state index is -0.377. The van der Waals surface area contributed by atoms with Gasteiger partial charge in [0.2, 0.25) is 0 Å². The largest absolute Gasteiger partial charge is 0.360 e. The van der Waals surface area contributed by atoms with Gasteiger partial charge in [-0.25, -0.2) is 13.9 Å². The number of nitrogens with one attached hydrogen (secondary N) is 2. The molecular formula is C19H17FN6O. The van der Waals surface area contributed by atoms with Gasteiger partial charge in [0.15, 0.2) is 11.5 Å². The molecule has 0 saturated carbocycles. The average molecular weight is 364 g/mol. The van der Waals surface area contributed by atoms with Crippen molar-refractivity contribution in [3.05, 3.63) is 76.4 Å². The van der Waals surface area contributed by atoms with Crippen LogP contribution in [0, 0.1) is 12.7 Å². The zero-order valence-electron chi connectivity index (χ0n) is 14.8. The third-order valence-electron chi connectivity index (χ3n) is 4.32. The fourth-order valence-corrected chi connectivity index (χ4v) is 2.88. The van der Waals surface area contributed by atoms with Gasteiger partial charge in [-0.15, -0.1) is 5.10 Å². The minimum Gasteiger partial charge on any atom is -0.360 e. The first-order chi connectivity index (χ1) is 13.0. The molecule has 0 fully saturated rings. The van der Waals surface area contributed by atoms with Crippen molar-refractivity contribution >= 4 is 11.5 Å². The quantitative estimate of drug-likeness (QED) is 0.581. The number of anilines is 1. The molecule has 0 spiro atoms. The van der Waals surface area contributed by atoms with Crippen molar-refractivity contribution in [3.63, 3.8) is 0 Å². The van der Waals surface area contributed by atoms with Gasteiger partial charge in [-0.3, -0.25) is 9.78 Å². The van der Waals surface area contributed by atoms with Crippen LogP contribution < -0.4 is 10.9 Å². The second-order valence-electron chi connectivity index (χ2n) is 6.27. The number of imidazole rings is 1. The van der Waals surface area contributed by atoms with E-state index in [1.54, 1.807) is 35.1 Å². The van der Waals surface area contributed by atoms with Crippen LogP contribution in [0.2, 0.25) is 0 Å². The summed E-state index contributed by atoms with van der Waals surface area (Å²) in [5.74, 6) is 0.255. The number of pyridine rings is 2. The monoisotopic (exact) mass is 364 g/mol. The van der Waals surface area contributed by atoms with Gasteiger partial charge in [0.25, 0.3) is 5.56 Å². The number of hydrogen-bond donors (Lipinski definition) is 2. The van der Waals surface area contributed by atoms with Crippen molar-refractivity contribution in [2.75, 3.05) is 5.32 Å². The summed E-state index contributed by atoms with van der Waals surface area (Å²) in [4.78, 5) is 23.2. The number of rotatable bonds is 4. The number of nitrogens with zero attached hydrogens (tertiary/aromatic N) is 4. The van der Waals surface area contributed by atoms with E-state index in [0.29, 0.717) is 28.4 Å². The molecule has 8 heteroatoms. The molecule has 0 aliphatic carbocycles. The third-order valence-corrected chi connectivity index (χ3v) is 4.32. The lowest BCUT2D eigenvalue weighted by molar-refractivity contribution is 0.617. The van der Waals surface area contributed by atoms with E-state index in [1.165, 1.54) is 12.3 Å². The molecule has 27 heavy (non-hydrogen) atoms. The highest BCUT2D eigenvalue weighted by atomic mass is 19.1. The van der Waals surface area contributed by atoms with E-state index in [-0.39, 0.29) is 17.4 Å².